The molecule has 0 fully saturated rings. The smallest absolute Gasteiger partial charge is 0.414 e. The van der Waals surface area contributed by atoms with Crippen molar-refractivity contribution in [3.05, 3.63) is 94.2 Å². The number of nitrogens with zero attached hydrogens (tertiary/aromatic N) is 3. The van der Waals surface area contributed by atoms with E-state index in [-0.39, 0.29) is 12.2 Å². The molecule has 0 aliphatic heterocycles. The van der Waals surface area contributed by atoms with Gasteiger partial charge in [0.2, 0.25) is 0 Å². The molecule has 37 heavy (non-hydrogen) atoms. The first-order chi connectivity index (χ1) is 17.4. The van der Waals surface area contributed by atoms with E-state index in [9.17, 15) is 23.7 Å². The van der Waals surface area contributed by atoms with Gasteiger partial charge in [-0.05, 0) is 62.7 Å². The van der Waals surface area contributed by atoms with Gasteiger partial charge in [-0.25, -0.2) is 13.6 Å². The van der Waals surface area contributed by atoms with E-state index in [1.807, 2.05) is 6.07 Å². The molecule has 0 atom stereocenters. The van der Waals surface area contributed by atoms with Gasteiger partial charge in [0.05, 0.1) is 15.3 Å². The Labute approximate surface area is 216 Å². The summed E-state index contributed by atoms with van der Waals surface area (Å²) in [7, 11) is 1.59. The van der Waals surface area contributed by atoms with Crippen molar-refractivity contribution in [1.82, 2.24) is 4.57 Å². The van der Waals surface area contributed by atoms with Crippen molar-refractivity contribution < 1.29 is 23.2 Å². The maximum Gasteiger partial charge on any atom is 0.414 e. The van der Waals surface area contributed by atoms with Crippen molar-refractivity contribution in [2.75, 3.05) is 11.9 Å². The standard InChI is InChI=1S/C27H25F2N3O4S/c1-27(2,3)36-26(33)30(4)20-9-10-21-23(14-20)31(15-17-11-18(28)13-19(29)12-17)16-25(21)37-24-8-6-5-7-22(24)32(34)35/h5-14,16H,15H2,1-4H3. The van der Waals surface area contributed by atoms with Crippen molar-refractivity contribution in [2.45, 2.75) is 42.7 Å². The number of anilines is 1. The molecule has 1 heterocycles. The second-order valence-electron chi connectivity index (χ2n) is 9.47. The number of nitro groups is 1. The Balaban J connectivity index is 1.80. The molecular weight excluding hydrogens is 500 g/mol. The number of carbonyl (C=O) groups is 1. The fourth-order valence-corrected chi connectivity index (χ4v) is 4.91. The van der Waals surface area contributed by atoms with Crippen LogP contribution in [-0.2, 0) is 11.3 Å². The molecule has 0 saturated carbocycles. The summed E-state index contributed by atoms with van der Waals surface area (Å²) in [5.41, 5.74) is 0.933. The second kappa shape index (κ2) is 10.2. The molecule has 4 aromatic rings. The van der Waals surface area contributed by atoms with E-state index in [1.54, 1.807) is 68.9 Å². The molecule has 1 amide bonds. The van der Waals surface area contributed by atoms with Crippen LogP contribution >= 0.6 is 11.8 Å². The van der Waals surface area contributed by atoms with Crippen LogP contribution < -0.4 is 4.90 Å². The number of halogens is 2. The van der Waals surface area contributed by atoms with Crippen molar-refractivity contribution in [2.24, 2.45) is 0 Å². The molecule has 1 aromatic heterocycles. The Morgan fingerprint density at radius 1 is 1.05 bits per heavy atom. The van der Waals surface area contributed by atoms with E-state index < -0.39 is 28.3 Å². The van der Waals surface area contributed by atoms with E-state index in [4.69, 9.17) is 4.74 Å². The summed E-state index contributed by atoms with van der Waals surface area (Å²) in [5.74, 6) is -1.38. The number of hydrogen-bond acceptors (Lipinski definition) is 5. The Bertz CT molecular complexity index is 1480. The maximum atomic E-state index is 13.9. The number of ether oxygens (including phenoxy) is 1. The van der Waals surface area contributed by atoms with Gasteiger partial charge in [-0.1, -0.05) is 23.9 Å². The average molecular weight is 526 g/mol. The van der Waals surface area contributed by atoms with Gasteiger partial charge < -0.3 is 9.30 Å². The largest absolute Gasteiger partial charge is 0.443 e. The number of benzene rings is 3. The van der Waals surface area contributed by atoms with Crippen LogP contribution in [0.2, 0.25) is 0 Å². The van der Waals surface area contributed by atoms with Gasteiger partial charge >= 0.3 is 6.09 Å². The van der Waals surface area contributed by atoms with Crippen LogP contribution in [0.25, 0.3) is 10.9 Å². The lowest BCUT2D eigenvalue weighted by Gasteiger charge is -2.24. The number of rotatable bonds is 6. The van der Waals surface area contributed by atoms with Crippen LogP contribution in [0.4, 0.5) is 25.0 Å². The number of nitro benzene ring substituents is 1. The topological polar surface area (TPSA) is 77.6 Å². The second-order valence-corrected chi connectivity index (χ2v) is 10.6. The van der Waals surface area contributed by atoms with E-state index in [1.165, 1.54) is 34.9 Å². The van der Waals surface area contributed by atoms with Gasteiger partial charge in [0.25, 0.3) is 5.69 Å². The summed E-state index contributed by atoms with van der Waals surface area (Å²) >= 11 is 1.22. The number of carbonyl (C=O) groups excluding carboxylic acids is 1. The summed E-state index contributed by atoms with van der Waals surface area (Å²) in [6, 6.07) is 15.1. The van der Waals surface area contributed by atoms with Crippen LogP contribution in [0.5, 0.6) is 0 Å². The zero-order valence-electron chi connectivity index (χ0n) is 20.7. The van der Waals surface area contributed by atoms with Crippen LogP contribution in [0, 0.1) is 21.7 Å². The van der Waals surface area contributed by atoms with Gasteiger partial charge in [-0.3, -0.25) is 15.0 Å². The highest BCUT2D eigenvalue weighted by atomic mass is 32.2. The van der Waals surface area contributed by atoms with Gasteiger partial charge in [-0.15, -0.1) is 0 Å². The third kappa shape index (κ3) is 6.08. The van der Waals surface area contributed by atoms with E-state index in [0.29, 0.717) is 26.6 Å². The van der Waals surface area contributed by atoms with Gasteiger partial charge in [0.1, 0.15) is 17.2 Å². The number of hydrogen-bond donors (Lipinski definition) is 0. The summed E-state index contributed by atoms with van der Waals surface area (Å²) < 4.78 is 35.0. The normalized spacial score (nSPS) is 11.5. The van der Waals surface area contributed by atoms with Crippen LogP contribution in [0.3, 0.4) is 0 Å². The number of para-hydroxylation sites is 1. The molecule has 0 saturated heterocycles. The predicted octanol–water partition coefficient (Wildman–Crippen LogP) is 7.40. The van der Waals surface area contributed by atoms with Gasteiger partial charge in [0.15, 0.2) is 0 Å². The number of amides is 1. The maximum absolute atomic E-state index is 13.9. The predicted molar refractivity (Wildman–Crippen MR) is 139 cm³/mol. The minimum atomic E-state index is -0.689. The number of fused-ring (bicyclic) bond motifs is 1. The van der Waals surface area contributed by atoms with E-state index >= 15 is 0 Å². The fraction of sp³-hybridized carbons (Fsp3) is 0.222. The molecule has 192 valence electrons. The zero-order valence-corrected chi connectivity index (χ0v) is 21.5. The van der Waals surface area contributed by atoms with Crippen LogP contribution in [0.15, 0.2) is 76.7 Å². The van der Waals surface area contributed by atoms with Crippen molar-refractivity contribution in [1.29, 1.82) is 0 Å². The van der Waals surface area contributed by atoms with Crippen molar-refractivity contribution in [3.63, 3.8) is 0 Å². The highest BCUT2D eigenvalue weighted by Crippen LogP contribution is 2.40. The first kappa shape index (κ1) is 26.2. The highest BCUT2D eigenvalue weighted by Gasteiger charge is 2.22. The summed E-state index contributed by atoms with van der Waals surface area (Å²) in [5, 5.41) is 12.3. The minimum absolute atomic E-state index is 0.0260. The lowest BCUT2D eigenvalue weighted by atomic mass is 10.2. The number of aromatic nitrogens is 1. The SMILES string of the molecule is CN(C(=O)OC(C)(C)C)c1ccc2c(Sc3ccccc3[N+](=O)[O-])cn(Cc3cc(F)cc(F)c3)c2c1. The molecule has 4 rings (SSSR count). The molecule has 3 aromatic carbocycles. The molecule has 0 radical (unpaired) electrons. The molecular formula is C27H25F2N3O4S. The van der Waals surface area contributed by atoms with E-state index in [0.717, 1.165) is 11.5 Å². The Hall–Kier alpha value is -3.92. The third-order valence-corrected chi connectivity index (χ3v) is 6.55. The lowest BCUT2D eigenvalue weighted by Crippen LogP contribution is -2.34. The van der Waals surface area contributed by atoms with Gasteiger partial charge in [-0.2, -0.15) is 0 Å². The van der Waals surface area contributed by atoms with Crippen LogP contribution in [-0.4, -0.2) is 28.2 Å². The minimum Gasteiger partial charge on any atom is -0.443 e. The van der Waals surface area contributed by atoms with Crippen molar-refractivity contribution in [3.8, 4) is 0 Å². The quantitative estimate of drug-likeness (QED) is 0.194. The zero-order chi connectivity index (χ0) is 26.9. The van der Waals surface area contributed by atoms with Gasteiger partial charge in [0, 0.05) is 47.9 Å². The average Bonchev–Trinajstić information content (AvgIpc) is 3.13. The molecule has 10 heteroatoms. The Morgan fingerprint density at radius 2 is 1.73 bits per heavy atom. The highest BCUT2D eigenvalue weighted by molar-refractivity contribution is 7.99. The summed E-state index contributed by atoms with van der Waals surface area (Å²) in [6.07, 6.45) is 1.25. The molecule has 0 bridgehead atoms. The van der Waals surface area contributed by atoms with E-state index in [2.05, 4.69) is 0 Å². The molecule has 0 spiro atoms. The fourth-order valence-electron chi connectivity index (χ4n) is 3.81. The third-order valence-electron chi connectivity index (χ3n) is 5.44. The van der Waals surface area contributed by atoms with Crippen molar-refractivity contribution >= 4 is 40.1 Å². The first-order valence-electron chi connectivity index (χ1n) is 11.4. The molecule has 7 nitrogen and oxygen atoms in total. The van der Waals surface area contributed by atoms with Crippen LogP contribution in [0.1, 0.15) is 26.3 Å². The monoisotopic (exact) mass is 525 g/mol. The lowest BCUT2D eigenvalue weighted by molar-refractivity contribution is -0.387. The Kier molecular flexibility index (Phi) is 7.22. The first-order valence-corrected chi connectivity index (χ1v) is 12.2. The summed E-state index contributed by atoms with van der Waals surface area (Å²) in [6.45, 7) is 5.47. The summed E-state index contributed by atoms with van der Waals surface area (Å²) in [4.78, 5) is 26.3. The Morgan fingerprint density at radius 3 is 2.38 bits per heavy atom. The molecule has 0 unspecified atom stereocenters. The molecule has 0 aliphatic rings. The molecule has 0 aliphatic carbocycles. The molecule has 0 N–H and O–H groups in total.